The van der Waals surface area contributed by atoms with Gasteiger partial charge < -0.3 is 21.1 Å². The fourth-order valence-corrected chi connectivity index (χ4v) is 1.20. The van der Waals surface area contributed by atoms with E-state index in [9.17, 15) is 9.18 Å². The van der Waals surface area contributed by atoms with Crippen molar-refractivity contribution >= 4 is 5.97 Å². The van der Waals surface area contributed by atoms with Crippen molar-refractivity contribution in [2.75, 3.05) is 0 Å². The first-order chi connectivity index (χ1) is 7.24. The SMILES string of the molecule is CC(N)(Cc1cc(O)c(O)cc1F)C(=O)O. The molecular formula is C10H12FNO4. The molecule has 0 aliphatic carbocycles. The van der Waals surface area contributed by atoms with Crippen molar-refractivity contribution in [3.63, 3.8) is 0 Å². The predicted molar refractivity (Wildman–Crippen MR) is 53.7 cm³/mol. The molecule has 0 bridgehead atoms. The number of benzene rings is 1. The molecule has 1 atom stereocenters. The van der Waals surface area contributed by atoms with Crippen LogP contribution in [-0.2, 0) is 11.2 Å². The topological polar surface area (TPSA) is 104 Å². The van der Waals surface area contributed by atoms with Crippen LogP contribution in [0.4, 0.5) is 4.39 Å². The van der Waals surface area contributed by atoms with Crippen molar-refractivity contribution in [3.05, 3.63) is 23.5 Å². The number of carboxylic acids is 1. The summed E-state index contributed by atoms with van der Waals surface area (Å²) in [6.07, 6.45) is -0.290. The average Bonchev–Trinajstić information content (AvgIpc) is 2.13. The number of hydrogen-bond donors (Lipinski definition) is 4. The third kappa shape index (κ3) is 2.40. The lowest BCUT2D eigenvalue weighted by Crippen LogP contribution is -2.47. The highest BCUT2D eigenvalue weighted by Crippen LogP contribution is 2.29. The van der Waals surface area contributed by atoms with Crippen LogP contribution in [0.15, 0.2) is 12.1 Å². The summed E-state index contributed by atoms with van der Waals surface area (Å²) in [6.45, 7) is 1.23. The zero-order valence-electron chi connectivity index (χ0n) is 8.57. The number of hydrogen-bond acceptors (Lipinski definition) is 4. The zero-order valence-corrected chi connectivity index (χ0v) is 8.57. The molecule has 1 aromatic carbocycles. The lowest BCUT2D eigenvalue weighted by atomic mass is 9.93. The number of carboxylic acid groups (broad SMARTS) is 1. The molecule has 0 radical (unpaired) electrons. The van der Waals surface area contributed by atoms with Gasteiger partial charge in [-0.3, -0.25) is 4.79 Å². The number of halogens is 1. The fraction of sp³-hybridized carbons (Fsp3) is 0.300. The number of rotatable bonds is 3. The van der Waals surface area contributed by atoms with Gasteiger partial charge in [0.2, 0.25) is 0 Å². The Hall–Kier alpha value is -1.82. The molecule has 5 N–H and O–H groups in total. The van der Waals surface area contributed by atoms with E-state index in [0.717, 1.165) is 6.07 Å². The molecule has 0 saturated heterocycles. The Bertz CT molecular complexity index is 431. The maximum Gasteiger partial charge on any atom is 0.323 e. The second-order valence-electron chi connectivity index (χ2n) is 3.83. The first-order valence-corrected chi connectivity index (χ1v) is 4.46. The molecule has 0 heterocycles. The van der Waals surface area contributed by atoms with Gasteiger partial charge in [0.25, 0.3) is 0 Å². The standard InChI is InChI=1S/C10H12FNO4/c1-10(12,9(15)16)4-5-2-7(13)8(14)3-6(5)11/h2-3,13-14H,4,12H2,1H3,(H,15,16). The summed E-state index contributed by atoms with van der Waals surface area (Å²) >= 11 is 0. The van der Waals surface area contributed by atoms with Crippen LogP contribution < -0.4 is 5.73 Å². The van der Waals surface area contributed by atoms with E-state index in [-0.39, 0.29) is 12.0 Å². The van der Waals surface area contributed by atoms with Gasteiger partial charge in [0.1, 0.15) is 11.4 Å². The maximum atomic E-state index is 13.3. The van der Waals surface area contributed by atoms with Crippen LogP contribution in [0, 0.1) is 5.82 Å². The number of aromatic hydroxyl groups is 2. The summed E-state index contributed by atoms with van der Waals surface area (Å²) in [7, 11) is 0. The third-order valence-corrected chi connectivity index (χ3v) is 2.19. The molecular weight excluding hydrogens is 217 g/mol. The fourth-order valence-electron chi connectivity index (χ4n) is 1.20. The van der Waals surface area contributed by atoms with E-state index >= 15 is 0 Å². The molecule has 88 valence electrons. The highest BCUT2D eigenvalue weighted by Gasteiger charge is 2.29. The van der Waals surface area contributed by atoms with Crippen molar-refractivity contribution in [1.29, 1.82) is 0 Å². The predicted octanol–water partition coefficient (Wildman–Crippen LogP) is 0.581. The molecule has 0 aliphatic heterocycles. The van der Waals surface area contributed by atoms with Crippen LogP contribution in [-0.4, -0.2) is 26.8 Å². The van der Waals surface area contributed by atoms with Crippen LogP contribution in [0.25, 0.3) is 0 Å². The third-order valence-electron chi connectivity index (χ3n) is 2.19. The van der Waals surface area contributed by atoms with Gasteiger partial charge in [-0.25, -0.2) is 4.39 Å². The molecule has 1 unspecified atom stereocenters. The van der Waals surface area contributed by atoms with Gasteiger partial charge in [-0.15, -0.1) is 0 Å². The molecule has 6 heteroatoms. The Labute approximate surface area is 90.9 Å². The molecule has 0 fully saturated rings. The van der Waals surface area contributed by atoms with Crippen LogP contribution in [0.2, 0.25) is 0 Å². The molecule has 0 aromatic heterocycles. The van der Waals surface area contributed by atoms with Crippen molar-refractivity contribution in [2.45, 2.75) is 18.9 Å². The van der Waals surface area contributed by atoms with Crippen molar-refractivity contribution in [3.8, 4) is 11.5 Å². The average molecular weight is 229 g/mol. The molecule has 0 amide bonds. The van der Waals surface area contributed by atoms with E-state index in [1.807, 2.05) is 0 Å². The van der Waals surface area contributed by atoms with Crippen LogP contribution in [0.1, 0.15) is 12.5 Å². The van der Waals surface area contributed by atoms with E-state index in [2.05, 4.69) is 0 Å². The van der Waals surface area contributed by atoms with Gasteiger partial charge in [0, 0.05) is 12.5 Å². The number of aliphatic carboxylic acids is 1. The molecule has 0 aliphatic rings. The summed E-state index contributed by atoms with van der Waals surface area (Å²) in [5, 5.41) is 26.9. The van der Waals surface area contributed by atoms with E-state index in [1.54, 1.807) is 0 Å². The summed E-state index contributed by atoms with van der Waals surface area (Å²) in [5.41, 5.74) is 3.74. The quantitative estimate of drug-likeness (QED) is 0.567. The largest absolute Gasteiger partial charge is 0.504 e. The van der Waals surface area contributed by atoms with E-state index in [4.69, 9.17) is 21.1 Å². The summed E-state index contributed by atoms with van der Waals surface area (Å²) in [5.74, 6) is -3.21. The zero-order chi connectivity index (χ0) is 12.5. The minimum absolute atomic E-state index is 0.0669. The van der Waals surface area contributed by atoms with Crippen molar-refractivity contribution in [2.24, 2.45) is 5.73 Å². The highest BCUT2D eigenvalue weighted by molar-refractivity contribution is 5.78. The Morgan fingerprint density at radius 1 is 1.44 bits per heavy atom. The Morgan fingerprint density at radius 2 is 1.94 bits per heavy atom. The van der Waals surface area contributed by atoms with Crippen molar-refractivity contribution in [1.82, 2.24) is 0 Å². The summed E-state index contributed by atoms with van der Waals surface area (Å²) < 4.78 is 13.3. The van der Waals surface area contributed by atoms with Gasteiger partial charge >= 0.3 is 5.97 Å². The number of nitrogens with two attached hydrogens (primary N) is 1. The van der Waals surface area contributed by atoms with E-state index in [1.165, 1.54) is 6.92 Å². The van der Waals surface area contributed by atoms with Crippen LogP contribution >= 0.6 is 0 Å². The van der Waals surface area contributed by atoms with Gasteiger partial charge in [-0.05, 0) is 18.6 Å². The minimum Gasteiger partial charge on any atom is -0.504 e. The lowest BCUT2D eigenvalue weighted by Gasteiger charge is -2.19. The first kappa shape index (κ1) is 12.3. The Morgan fingerprint density at radius 3 is 2.44 bits per heavy atom. The van der Waals surface area contributed by atoms with Crippen LogP contribution in [0.5, 0.6) is 11.5 Å². The monoisotopic (exact) mass is 229 g/mol. The molecule has 1 aromatic rings. The van der Waals surface area contributed by atoms with Gasteiger partial charge in [0.15, 0.2) is 11.5 Å². The van der Waals surface area contributed by atoms with E-state index in [0.29, 0.717) is 6.07 Å². The lowest BCUT2D eigenvalue weighted by molar-refractivity contribution is -0.142. The number of phenols is 2. The molecule has 0 spiro atoms. The molecule has 1 rings (SSSR count). The normalized spacial score (nSPS) is 14.4. The van der Waals surface area contributed by atoms with Crippen molar-refractivity contribution < 1.29 is 24.5 Å². The molecule has 0 saturated carbocycles. The van der Waals surface area contributed by atoms with Gasteiger partial charge in [-0.1, -0.05) is 0 Å². The summed E-state index contributed by atoms with van der Waals surface area (Å²) in [6, 6.07) is 1.67. The second kappa shape index (κ2) is 3.97. The highest BCUT2D eigenvalue weighted by atomic mass is 19.1. The Balaban J connectivity index is 3.07. The number of phenolic OH excluding ortho intramolecular Hbond substituents is 2. The maximum absolute atomic E-state index is 13.3. The molecule has 16 heavy (non-hydrogen) atoms. The van der Waals surface area contributed by atoms with E-state index < -0.39 is 28.8 Å². The number of carbonyl (C=O) groups is 1. The molecule has 5 nitrogen and oxygen atoms in total. The van der Waals surface area contributed by atoms with Gasteiger partial charge in [-0.2, -0.15) is 0 Å². The summed E-state index contributed by atoms with van der Waals surface area (Å²) in [4.78, 5) is 10.7. The first-order valence-electron chi connectivity index (χ1n) is 4.46. The Kier molecular flexibility index (Phi) is 3.04. The van der Waals surface area contributed by atoms with Gasteiger partial charge in [0.05, 0.1) is 0 Å². The second-order valence-corrected chi connectivity index (χ2v) is 3.83. The smallest absolute Gasteiger partial charge is 0.323 e. The minimum atomic E-state index is -1.63. The van der Waals surface area contributed by atoms with Crippen LogP contribution in [0.3, 0.4) is 0 Å².